The highest BCUT2D eigenvalue weighted by molar-refractivity contribution is 6.36. The van der Waals surface area contributed by atoms with Crippen molar-refractivity contribution in [2.24, 2.45) is 11.7 Å². The van der Waals surface area contributed by atoms with E-state index in [0.717, 1.165) is 41.7 Å². The van der Waals surface area contributed by atoms with Crippen LogP contribution in [0.2, 0.25) is 5.02 Å². The molecule has 1 aliphatic rings. The molecule has 2 heterocycles. The smallest absolute Gasteiger partial charge is 0.0953 e. The van der Waals surface area contributed by atoms with Crippen molar-refractivity contribution in [3.63, 3.8) is 0 Å². The molecule has 0 amide bonds. The fourth-order valence-corrected chi connectivity index (χ4v) is 3.22. The van der Waals surface area contributed by atoms with Crippen LogP contribution in [0.4, 0.5) is 5.69 Å². The van der Waals surface area contributed by atoms with Gasteiger partial charge in [-0.05, 0) is 37.1 Å². The first kappa shape index (κ1) is 14.1. The summed E-state index contributed by atoms with van der Waals surface area (Å²) in [5, 5.41) is 10.7. The van der Waals surface area contributed by atoms with Gasteiger partial charge in [-0.2, -0.15) is 5.26 Å². The molecule has 21 heavy (non-hydrogen) atoms. The molecule has 2 aromatic rings. The van der Waals surface area contributed by atoms with Gasteiger partial charge in [0.05, 0.1) is 28.2 Å². The summed E-state index contributed by atoms with van der Waals surface area (Å²) in [4.78, 5) is 6.74. The van der Waals surface area contributed by atoms with Gasteiger partial charge >= 0.3 is 0 Å². The van der Waals surface area contributed by atoms with Crippen LogP contribution in [-0.4, -0.2) is 18.1 Å². The fraction of sp³-hybridized carbons (Fsp3) is 0.375. The highest BCUT2D eigenvalue weighted by atomic mass is 35.5. The Morgan fingerprint density at radius 2 is 2.38 bits per heavy atom. The van der Waals surface area contributed by atoms with Crippen LogP contribution < -0.4 is 10.6 Å². The van der Waals surface area contributed by atoms with E-state index in [0.29, 0.717) is 5.02 Å². The van der Waals surface area contributed by atoms with Gasteiger partial charge < -0.3 is 10.6 Å². The maximum absolute atomic E-state index is 9.13. The van der Waals surface area contributed by atoms with Crippen molar-refractivity contribution in [3.8, 4) is 6.07 Å². The van der Waals surface area contributed by atoms with Gasteiger partial charge in [0.15, 0.2) is 0 Å². The Hall–Kier alpha value is -1.83. The van der Waals surface area contributed by atoms with E-state index in [1.165, 1.54) is 0 Å². The molecule has 1 aromatic carbocycles. The molecule has 1 aliphatic heterocycles. The molecule has 0 aliphatic carbocycles. The number of aromatic nitrogens is 1. The summed E-state index contributed by atoms with van der Waals surface area (Å²) in [7, 11) is 0. The molecule has 0 saturated carbocycles. The van der Waals surface area contributed by atoms with Gasteiger partial charge in [-0.1, -0.05) is 11.6 Å². The molecule has 0 radical (unpaired) electrons. The summed E-state index contributed by atoms with van der Waals surface area (Å²) in [5.41, 5.74) is 9.02. The summed E-state index contributed by atoms with van der Waals surface area (Å²) in [5.74, 6) is 0.0698. The molecular weight excluding hydrogens is 284 g/mol. The van der Waals surface area contributed by atoms with E-state index in [1.807, 2.05) is 25.1 Å². The summed E-state index contributed by atoms with van der Waals surface area (Å²) >= 11 is 6.37. The number of benzene rings is 1. The zero-order valence-electron chi connectivity index (χ0n) is 11.9. The first-order chi connectivity index (χ1) is 10.1. The Morgan fingerprint density at radius 1 is 1.57 bits per heavy atom. The van der Waals surface area contributed by atoms with Gasteiger partial charge in [0.2, 0.25) is 0 Å². The second-order valence-electron chi connectivity index (χ2n) is 5.55. The van der Waals surface area contributed by atoms with Crippen LogP contribution in [0.15, 0.2) is 24.4 Å². The maximum atomic E-state index is 9.13. The van der Waals surface area contributed by atoms with E-state index in [9.17, 15) is 0 Å². The first-order valence-corrected chi connectivity index (χ1v) is 7.47. The standard InChI is InChI=1S/C16H17ClN4/c1-10(19)13-7-14(17)12-3-2-5-20-15(12)16(13)21-6-4-11(8-18)9-21/h2-3,5,7,10-11H,4,6,9,19H2,1H3. The number of fused-ring (bicyclic) bond motifs is 1. The Kier molecular flexibility index (Phi) is 3.71. The zero-order valence-corrected chi connectivity index (χ0v) is 12.6. The molecule has 1 fully saturated rings. The predicted molar refractivity (Wildman–Crippen MR) is 85.3 cm³/mol. The lowest BCUT2D eigenvalue weighted by Gasteiger charge is -2.25. The number of hydrogen-bond donors (Lipinski definition) is 1. The molecule has 0 bridgehead atoms. The third kappa shape index (κ3) is 2.44. The van der Waals surface area contributed by atoms with Crippen LogP contribution in [0, 0.1) is 17.2 Å². The Morgan fingerprint density at radius 3 is 3.05 bits per heavy atom. The van der Waals surface area contributed by atoms with E-state index in [4.69, 9.17) is 22.6 Å². The van der Waals surface area contributed by atoms with Crippen LogP contribution in [-0.2, 0) is 0 Å². The van der Waals surface area contributed by atoms with Crippen LogP contribution in [0.25, 0.3) is 10.9 Å². The highest BCUT2D eigenvalue weighted by Gasteiger charge is 2.27. The predicted octanol–water partition coefficient (Wildman–Crippen LogP) is 3.26. The molecule has 1 saturated heterocycles. The summed E-state index contributed by atoms with van der Waals surface area (Å²) < 4.78 is 0. The monoisotopic (exact) mass is 300 g/mol. The fourth-order valence-electron chi connectivity index (χ4n) is 2.95. The number of nitrogens with zero attached hydrogens (tertiary/aromatic N) is 3. The molecule has 4 nitrogen and oxygen atoms in total. The molecular formula is C16H17ClN4. The largest absolute Gasteiger partial charge is 0.368 e. The molecule has 2 atom stereocenters. The van der Waals surface area contributed by atoms with E-state index >= 15 is 0 Å². The average Bonchev–Trinajstić information content (AvgIpc) is 2.95. The second-order valence-corrected chi connectivity index (χ2v) is 5.95. The molecule has 1 aromatic heterocycles. The van der Waals surface area contributed by atoms with Crippen molar-refractivity contribution < 1.29 is 0 Å². The zero-order chi connectivity index (χ0) is 15.0. The SMILES string of the molecule is CC(N)c1cc(Cl)c2cccnc2c1N1CCC(C#N)C1. The lowest BCUT2D eigenvalue weighted by molar-refractivity contribution is 0.753. The summed E-state index contributed by atoms with van der Waals surface area (Å²) in [6.45, 7) is 3.52. The number of rotatable bonds is 2. The van der Waals surface area contributed by atoms with Crippen LogP contribution in [0.1, 0.15) is 24.9 Å². The average molecular weight is 301 g/mol. The first-order valence-electron chi connectivity index (χ1n) is 7.09. The van der Waals surface area contributed by atoms with E-state index < -0.39 is 0 Å². The normalized spacial score (nSPS) is 19.7. The van der Waals surface area contributed by atoms with Gasteiger partial charge in [-0.25, -0.2) is 0 Å². The third-order valence-corrected chi connectivity index (χ3v) is 4.34. The van der Waals surface area contributed by atoms with Crippen LogP contribution >= 0.6 is 11.6 Å². The molecule has 2 unspecified atom stereocenters. The van der Waals surface area contributed by atoms with Crippen molar-refractivity contribution in [3.05, 3.63) is 35.0 Å². The van der Waals surface area contributed by atoms with E-state index in [2.05, 4.69) is 16.0 Å². The summed E-state index contributed by atoms with van der Waals surface area (Å²) in [6, 6.07) is 8.00. The molecule has 5 heteroatoms. The molecule has 0 spiro atoms. The minimum absolute atomic E-state index is 0.0698. The van der Waals surface area contributed by atoms with Crippen LogP contribution in [0.3, 0.4) is 0 Å². The number of halogens is 1. The quantitative estimate of drug-likeness (QED) is 0.924. The van der Waals surface area contributed by atoms with Crippen molar-refractivity contribution >= 4 is 28.2 Å². The number of pyridine rings is 1. The highest BCUT2D eigenvalue weighted by Crippen LogP contribution is 2.38. The van der Waals surface area contributed by atoms with Gasteiger partial charge in [-0.15, -0.1) is 0 Å². The van der Waals surface area contributed by atoms with Crippen molar-refractivity contribution in [2.75, 3.05) is 18.0 Å². The number of nitriles is 1. The lowest BCUT2D eigenvalue weighted by atomic mass is 10.0. The van der Waals surface area contributed by atoms with Crippen molar-refractivity contribution in [2.45, 2.75) is 19.4 Å². The third-order valence-electron chi connectivity index (χ3n) is 4.02. The minimum atomic E-state index is -0.134. The van der Waals surface area contributed by atoms with Crippen LogP contribution in [0.5, 0.6) is 0 Å². The number of anilines is 1. The minimum Gasteiger partial charge on any atom is -0.368 e. The van der Waals surface area contributed by atoms with Gasteiger partial charge in [0.25, 0.3) is 0 Å². The molecule has 2 N–H and O–H groups in total. The Bertz CT molecular complexity index is 720. The molecule has 108 valence electrons. The second kappa shape index (κ2) is 5.51. The number of nitrogens with two attached hydrogens (primary N) is 1. The maximum Gasteiger partial charge on any atom is 0.0953 e. The van der Waals surface area contributed by atoms with Crippen molar-refractivity contribution in [1.29, 1.82) is 5.26 Å². The topological polar surface area (TPSA) is 65.9 Å². The number of hydrogen-bond acceptors (Lipinski definition) is 4. The van der Waals surface area contributed by atoms with Gasteiger partial charge in [-0.3, -0.25) is 4.98 Å². The van der Waals surface area contributed by atoms with Crippen molar-refractivity contribution in [1.82, 2.24) is 4.98 Å². The summed E-state index contributed by atoms with van der Waals surface area (Å²) in [6.07, 6.45) is 2.65. The molecule has 3 rings (SSSR count). The van der Waals surface area contributed by atoms with E-state index in [1.54, 1.807) is 6.20 Å². The Labute approximate surface area is 129 Å². The van der Waals surface area contributed by atoms with E-state index in [-0.39, 0.29) is 12.0 Å². The van der Waals surface area contributed by atoms with Gasteiger partial charge in [0, 0.05) is 30.7 Å². The van der Waals surface area contributed by atoms with Gasteiger partial charge in [0.1, 0.15) is 0 Å². The lowest BCUT2D eigenvalue weighted by Crippen LogP contribution is -2.23. The Balaban J connectivity index is 2.22.